The summed E-state index contributed by atoms with van der Waals surface area (Å²) in [5.41, 5.74) is 9.08. The maximum Gasteiger partial charge on any atom is 0.143 e. The highest BCUT2D eigenvalue weighted by Crippen LogP contribution is 2.42. The minimum atomic E-state index is 0.863. The fourth-order valence-corrected chi connectivity index (χ4v) is 7.13. The molecule has 0 N–H and O–H groups in total. The summed E-state index contributed by atoms with van der Waals surface area (Å²) in [4.78, 5) is 2.32. The van der Waals surface area contributed by atoms with Crippen molar-refractivity contribution >= 4 is 82.5 Å². The van der Waals surface area contributed by atoms with E-state index in [1.807, 2.05) is 12.1 Å². The second-order valence-electron chi connectivity index (χ2n) is 12.2. The number of anilines is 3. The van der Waals surface area contributed by atoms with E-state index < -0.39 is 0 Å². The Labute approximate surface area is 270 Å². The summed E-state index contributed by atoms with van der Waals surface area (Å²) in [5.74, 6) is 0. The summed E-state index contributed by atoms with van der Waals surface area (Å²) < 4.78 is 12.9. The second-order valence-corrected chi connectivity index (χ2v) is 12.2. The second kappa shape index (κ2) is 10.1. The van der Waals surface area contributed by atoms with E-state index in [0.717, 1.165) is 77.3 Å². The Balaban J connectivity index is 1.18. The molecule has 10 aromatic rings. The van der Waals surface area contributed by atoms with Crippen LogP contribution in [0.2, 0.25) is 0 Å². The highest BCUT2D eigenvalue weighted by Gasteiger charge is 2.18. The lowest BCUT2D eigenvalue weighted by Gasteiger charge is -2.26. The van der Waals surface area contributed by atoms with Gasteiger partial charge in [0.15, 0.2) is 0 Å². The standard InChI is InChI=1S/C44H27NO2/c1-2-9-28(10-3-1)29-13-8-14-33(23-29)45(34-18-21-36-32(24-34)17-20-39-37-15-6-7-16-41(37)47-44(36)39)35-19-22-38-40-25-30-11-4-5-12-31(30)26-42(40)46-43(38)27-35/h1-27H. The Morgan fingerprint density at radius 1 is 0.319 bits per heavy atom. The molecule has 2 aromatic heterocycles. The predicted octanol–water partition coefficient (Wildman–Crippen LogP) is 12.9. The van der Waals surface area contributed by atoms with Crippen LogP contribution < -0.4 is 4.90 Å². The number of nitrogens with zero attached hydrogens (tertiary/aromatic N) is 1. The highest BCUT2D eigenvalue weighted by atomic mass is 16.3. The molecule has 0 aliphatic heterocycles. The van der Waals surface area contributed by atoms with Crippen LogP contribution in [0.4, 0.5) is 17.1 Å². The van der Waals surface area contributed by atoms with Gasteiger partial charge in [-0.25, -0.2) is 0 Å². The van der Waals surface area contributed by atoms with E-state index in [9.17, 15) is 0 Å². The molecule has 0 amide bonds. The topological polar surface area (TPSA) is 29.5 Å². The van der Waals surface area contributed by atoms with Gasteiger partial charge in [-0.1, -0.05) is 91.0 Å². The number of benzene rings is 8. The van der Waals surface area contributed by atoms with Crippen LogP contribution in [0.25, 0.3) is 76.5 Å². The third-order valence-corrected chi connectivity index (χ3v) is 9.39. The lowest BCUT2D eigenvalue weighted by molar-refractivity contribution is 0.669. The number of rotatable bonds is 4. The van der Waals surface area contributed by atoms with E-state index >= 15 is 0 Å². The first-order chi connectivity index (χ1) is 23.3. The molecular weight excluding hydrogens is 574 g/mol. The summed E-state index contributed by atoms with van der Waals surface area (Å²) in [6.07, 6.45) is 0. The summed E-state index contributed by atoms with van der Waals surface area (Å²) in [5, 5.41) is 9.11. The van der Waals surface area contributed by atoms with E-state index in [1.54, 1.807) is 0 Å². The van der Waals surface area contributed by atoms with Gasteiger partial charge in [-0.2, -0.15) is 0 Å². The zero-order valence-electron chi connectivity index (χ0n) is 25.4. The average molecular weight is 602 g/mol. The third kappa shape index (κ3) is 4.14. The van der Waals surface area contributed by atoms with E-state index in [-0.39, 0.29) is 0 Å². The Morgan fingerprint density at radius 2 is 0.979 bits per heavy atom. The molecule has 8 aromatic carbocycles. The highest BCUT2D eigenvalue weighted by molar-refractivity contribution is 6.15. The van der Waals surface area contributed by atoms with Crippen molar-refractivity contribution in [1.29, 1.82) is 0 Å². The Bertz CT molecular complexity index is 2790. The van der Waals surface area contributed by atoms with Gasteiger partial charge in [0, 0.05) is 50.1 Å². The first-order valence-corrected chi connectivity index (χ1v) is 15.9. The largest absolute Gasteiger partial charge is 0.456 e. The molecule has 0 saturated heterocycles. The molecule has 0 atom stereocenters. The molecule has 3 heteroatoms. The van der Waals surface area contributed by atoms with E-state index in [2.05, 4.69) is 157 Å². The van der Waals surface area contributed by atoms with Crippen molar-refractivity contribution in [3.05, 3.63) is 164 Å². The minimum Gasteiger partial charge on any atom is -0.456 e. The summed E-state index contributed by atoms with van der Waals surface area (Å²) in [7, 11) is 0. The van der Waals surface area contributed by atoms with Crippen LogP contribution in [0, 0.1) is 0 Å². The van der Waals surface area contributed by atoms with Crippen molar-refractivity contribution in [2.45, 2.75) is 0 Å². The van der Waals surface area contributed by atoms with Gasteiger partial charge in [0.2, 0.25) is 0 Å². The average Bonchev–Trinajstić information content (AvgIpc) is 3.69. The molecule has 0 fully saturated rings. The fraction of sp³-hybridized carbons (Fsp3) is 0. The lowest BCUT2D eigenvalue weighted by Crippen LogP contribution is -2.10. The van der Waals surface area contributed by atoms with Gasteiger partial charge in [-0.3, -0.25) is 0 Å². The van der Waals surface area contributed by atoms with Gasteiger partial charge >= 0.3 is 0 Å². The lowest BCUT2D eigenvalue weighted by atomic mass is 10.0. The van der Waals surface area contributed by atoms with Crippen molar-refractivity contribution in [3.8, 4) is 11.1 Å². The zero-order chi connectivity index (χ0) is 30.9. The number of hydrogen-bond acceptors (Lipinski definition) is 3. The van der Waals surface area contributed by atoms with Crippen LogP contribution in [0.3, 0.4) is 0 Å². The predicted molar refractivity (Wildman–Crippen MR) is 196 cm³/mol. The SMILES string of the molecule is c1ccc(-c2cccc(N(c3ccc4c(ccc5c6ccccc6oc45)c3)c3ccc4c(c3)oc3cc5ccccc5cc34)c2)cc1. The molecule has 10 rings (SSSR count). The quantitative estimate of drug-likeness (QED) is 0.201. The molecule has 220 valence electrons. The van der Waals surface area contributed by atoms with Gasteiger partial charge in [-0.15, -0.1) is 0 Å². The molecule has 2 heterocycles. The zero-order valence-corrected chi connectivity index (χ0v) is 25.4. The molecule has 0 radical (unpaired) electrons. The normalized spacial score (nSPS) is 11.8. The van der Waals surface area contributed by atoms with Crippen LogP contribution in [-0.4, -0.2) is 0 Å². The van der Waals surface area contributed by atoms with Gasteiger partial charge in [0.1, 0.15) is 22.3 Å². The molecule has 0 spiro atoms. The molecular formula is C44H27NO2. The van der Waals surface area contributed by atoms with Crippen molar-refractivity contribution in [1.82, 2.24) is 0 Å². The summed E-state index contributed by atoms with van der Waals surface area (Å²) in [6, 6.07) is 57.9. The maximum atomic E-state index is 6.52. The molecule has 0 aliphatic carbocycles. The molecule has 0 bridgehead atoms. The van der Waals surface area contributed by atoms with Crippen molar-refractivity contribution in [2.24, 2.45) is 0 Å². The Hall–Kier alpha value is -6.32. The van der Waals surface area contributed by atoms with Gasteiger partial charge in [-0.05, 0) is 94.0 Å². The molecule has 0 aliphatic rings. The first-order valence-electron chi connectivity index (χ1n) is 15.9. The molecule has 0 unspecified atom stereocenters. The van der Waals surface area contributed by atoms with Gasteiger partial charge in [0.05, 0.1) is 0 Å². The van der Waals surface area contributed by atoms with Crippen LogP contribution in [0.1, 0.15) is 0 Å². The van der Waals surface area contributed by atoms with Crippen LogP contribution in [0.5, 0.6) is 0 Å². The summed E-state index contributed by atoms with van der Waals surface area (Å²) >= 11 is 0. The van der Waals surface area contributed by atoms with Crippen LogP contribution >= 0.6 is 0 Å². The van der Waals surface area contributed by atoms with Crippen molar-refractivity contribution in [3.63, 3.8) is 0 Å². The number of para-hydroxylation sites is 1. The van der Waals surface area contributed by atoms with Crippen molar-refractivity contribution in [2.75, 3.05) is 4.90 Å². The number of fused-ring (bicyclic) bond motifs is 9. The van der Waals surface area contributed by atoms with E-state index in [1.165, 1.54) is 16.3 Å². The monoisotopic (exact) mass is 601 g/mol. The third-order valence-electron chi connectivity index (χ3n) is 9.39. The molecule has 3 nitrogen and oxygen atoms in total. The van der Waals surface area contributed by atoms with E-state index in [4.69, 9.17) is 8.83 Å². The first kappa shape index (κ1) is 26.0. The van der Waals surface area contributed by atoms with Crippen LogP contribution in [-0.2, 0) is 0 Å². The minimum absolute atomic E-state index is 0.863. The van der Waals surface area contributed by atoms with Gasteiger partial charge in [0.25, 0.3) is 0 Å². The van der Waals surface area contributed by atoms with Crippen LogP contribution in [0.15, 0.2) is 173 Å². The molecule has 47 heavy (non-hydrogen) atoms. The Kier molecular flexibility index (Phi) is 5.57. The van der Waals surface area contributed by atoms with E-state index in [0.29, 0.717) is 0 Å². The summed E-state index contributed by atoms with van der Waals surface area (Å²) in [6.45, 7) is 0. The van der Waals surface area contributed by atoms with Gasteiger partial charge < -0.3 is 13.7 Å². The number of furan rings is 2. The van der Waals surface area contributed by atoms with Crippen molar-refractivity contribution < 1.29 is 8.83 Å². The number of hydrogen-bond donors (Lipinski definition) is 0. The fourth-order valence-electron chi connectivity index (χ4n) is 7.13. The Morgan fingerprint density at radius 3 is 1.87 bits per heavy atom. The smallest absolute Gasteiger partial charge is 0.143 e. The maximum absolute atomic E-state index is 6.52. The molecule has 0 saturated carbocycles.